The minimum atomic E-state index is -0.256. The van der Waals surface area contributed by atoms with E-state index in [0.29, 0.717) is 6.54 Å². The lowest BCUT2D eigenvalue weighted by molar-refractivity contribution is 0.0684. The summed E-state index contributed by atoms with van der Waals surface area (Å²) in [7, 11) is 0. The normalized spacial score (nSPS) is 11.9. The van der Waals surface area contributed by atoms with Crippen molar-refractivity contribution in [3.05, 3.63) is 65.5 Å². The van der Waals surface area contributed by atoms with Crippen LogP contribution in [-0.4, -0.2) is 33.8 Å². The van der Waals surface area contributed by atoms with Crippen molar-refractivity contribution in [2.45, 2.75) is 52.7 Å². The summed E-state index contributed by atoms with van der Waals surface area (Å²) in [6.45, 7) is 8.39. The van der Waals surface area contributed by atoms with Crippen molar-refractivity contribution in [3.63, 3.8) is 0 Å². The predicted octanol–water partition coefficient (Wildman–Crippen LogP) is 3.66. The number of pyridine rings is 1. The van der Waals surface area contributed by atoms with Crippen LogP contribution in [0, 0.1) is 0 Å². The first-order valence-electron chi connectivity index (χ1n) is 9.05. The molecular weight excluding hydrogens is 326 g/mol. The first-order valence-corrected chi connectivity index (χ1v) is 9.05. The minimum Gasteiger partial charge on any atom is -0.348 e. The third-order valence-electron chi connectivity index (χ3n) is 4.27. The Labute approximate surface area is 155 Å². The fourth-order valence-electron chi connectivity index (χ4n) is 2.50. The van der Waals surface area contributed by atoms with Gasteiger partial charge in [-0.05, 0) is 44.9 Å². The molecule has 1 N–H and O–H groups in total. The van der Waals surface area contributed by atoms with Gasteiger partial charge >= 0.3 is 0 Å². The Bertz CT molecular complexity index is 744. The molecule has 0 aliphatic rings. The highest BCUT2D eigenvalue weighted by Crippen LogP contribution is 2.13. The second-order valence-corrected chi connectivity index (χ2v) is 6.70. The summed E-state index contributed by atoms with van der Waals surface area (Å²) in [6.07, 6.45) is 0.836. The van der Waals surface area contributed by atoms with Crippen LogP contribution in [0.3, 0.4) is 0 Å². The van der Waals surface area contributed by atoms with Crippen LogP contribution >= 0.6 is 0 Å². The molecular formula is C21H27N3O2. The van der Waals surface area contributed by atoms with Gasteiger partial charge in [-0.3, -0.25) is 9.59 Å². The van der Waals surface area contributed by atoms with Crippen molar-refractivity contribution < 1.29 is 9.59 Å². The number of benzene rings is 1. The Kier molecular flexibility index (Phi) is 6.89. The highest BCUT2D eigenvalue weighted by molar-refractivity contribution is 5.96. The van der Waals surface area contributed by atoms with Crippen LogP contribution in [0.4, 0.5) is 0 Å². The van der Waals surface area contributed by atoms with Gasteiger partial charge in [-0.15, -0.1) is 0 Å². The lowest BCUT2D eigenvalue weighted by Gasteiger charge is -2.26. The summed E-state index contributed by atoms with van der Waals surface area (Å²) < 4.78 is 0. The standard InChI is InChI=1S/C21H27N3O2/c1-5-16(4)22-20(25)18-12-9-13-19(23-18)21(26)24(15(2)3)14-17-10-7-6-8-11-17/h6-13,15-16H,5,14H2,1-4H3,(H,22,25). The molecule has 0 fully saturated rings. The number of nitrogens with zero attached hydrogens (tertiary/aromatic N) is 2. The summed E-state index contributed by atoms with van der Waals surface area (Å²) in [5.74, 6) is -0.435. The monoisotopic (exact) mass is 353 g/mol. The second kappa shape index (κ2) is 9.13. The van der Waals surface area contributed by atoms with E-state index in [0.717, 1.165) is 12.0 Å². The smallest absolute Gasteiger partial charge is 0.273 e. The van der Waals surface area contributed by atoms with E-state index < -0.39 is 0 Å². The maximum Gasteiger partial charge on any atom is 0.273 e. The Morgan fingerprint density at radius 2 is 1.65 bits per heavy atom. The molecule has 0 saturated carbocycles. The number of nitrogens with one attached hydrogen (secondary N) is 1. The third kappa shape index (κ3) is 5.15. The predicted molar refractivity (Wildman–Crippen MR) is 103 cm³/mol. The van der Waals surface area contributed by atoms with Gasteiger partial charge in [-0.25, -0.2) is 4.98 Å². The van der Waals surface area contributed by atoms with Gasteiger partial charge in [0, 0.05) is 18.6 Å². The average molecular weight is 353 g/mol. The van der Waals surface area contributed by atoms with Gasteiger partial charge < -0.3 is 10.2 Å². The zero-order chi connectivity index (χ0) is 19.1. The number of aromatic nitrogens is 1. The summed E-state index contributed by atoms with van der Waals surface area (Å²) >= 11 is 0. The molecule has 0 bridgehead atoms. The van der Waals surface area contributed by atoms with Crippen molar-refractivity contribution in [1.82, 2.24) is 15.2 Å². The molecule has 138 valence electrons. The average Bonchev–Trinajstić information content (AvgIpc) is 2.66. The zero-order valence-corrected chi connectivity index (χ0v) is 15.9. The number of hydrogen-bond donors (Lipinski definition) is 1. The maximum atomic E-state index is 13.0. The highest BCUT2D eigenvalue weighted by Gasteiger charge is 2.21. The topological polar surface area (TPSA) is 62.3 Å². The summed E-state index contributed by atoms with van der Waals surface area (Å²) in [5.41, 5.74) is 1.60. The molecule has 1 atom stereocenters. The fourth-order valence-corrected chi connectivity index (χ4v) is 2.50. The molecule has 1 aromatic carbocycles. The fraction of sp³-hybridized carbons (Fsp3) is 0.381. The molecule has 5 heteroatoms. The third-order valence-corrected chi connectivity index (χ3v) is 4.27. The van der Waals surface area contributed by atoms with Crippen molar-refractivity contribution in [3.8, 4) is 0 Å². The highest BCUT2D eigenvalue weighted by atomic mass is 16.2. The number of carbonyl (C=O) groups is 2. The molecule has 2 rings (SSSR count). The van der Waals surface area contributed by atoms with E-state index in [1.54, 1.807) is 23.1 Å². The van der Waals surface area contributed by atoms with Crippen LogP contribution in [0.5, 0.6) is 0 Å². The van der Waals surface area contributed by atoms with Gasteiger partial charge in [0.05, 0.1) is 0 Å². The molecule has 0 aliphatic heterocycles. The largest absolute Gasteiger partial charge is 0.348 e. The molecule has 2 amide bonds. The summed E-state index contributed by atoms with van der Waals surface area (Å²) in [5, 5.41) is 2.88. The molecule has 0 aliphatic carbocycles. The number of rotatable bonds is 7. The quantitative estimate of drug-likeness (QED) is 0.826. The van der Waals surface area contributed by atoms with Gasteiger partial charge in [0.15, 0.2) is 0 Å². The molecule has 0 spiro atoms. The Hall–Kier alpha value is -2.69. The van der Waals surface area contributed by atoms with Crippen molar-refractivity contribution in [2.75, 3.05) is 0 Å². The molecule has 1 aromatic heterocycles. The molecule has 26 heavy (non-hydrogen) atoms. The first-order chi connectivity index (χ1) is 12.4. The Morgan fingerprint density at radius 3 is 2.27 bits per heavy atom. The Balaban J connectivity index is 2.21. The van der Waals surface area contributed by atoms with Crippen LogP contribution in [0.15, 0.2) is 48.5 Å². The molecule has 2 aromatic rings. The summed E-state index contributed by atoms with van der Waals surface area (Å²) in [6, 6.07) is 14.9. The van der Waals surface area contributed by atoms with Gasteiger partial charge in [0.1, 0.15) is 11.4 Å². The van der Waals surface area contributed by atoms with Crippen molar-refractivity contribution >= 4 is 11.8 Å². The SMILES string of the molecule is CCC(C)NC(=O)c1cccc(C(=O)N(Cc2ccccc2)C(C)C)n1. The molecule has 1 heterocycles. The number of amides is 2. The lowest BCUT2D eigenvalue weighted by Crippen LogP contribution is -2.37. The van der Waals surface area contributed by atoms with Crippen molar-refractivity contribution in [1.29, 1.82) is 0 Å². The van der Waals surface area contributed by atoms with E-state index in [4.69, 9.17) is 0 Å². The van der Waals surface area contributed by atoms with Crippen LogP contribution in [0.2, 0.25) is 0 Å². The van der Waals surface area contributed by atoms with E-state index in [1.807, 2.05) is 58.0 Å². The lowest BCUT2D eigenvalue weighted by atomic mass is 10.1. The van der Waals surface area contributed by atoms with Crippen LogP contribution < -0.4 is 5.32 Å². The maximum absolute atomic E-state index is 13.0. The van der Waals surface area contributed by atoms with Crippen LogP contribution in [0.1, 0.15) is 60.7 Å². The number of hydrogen-bond acceptors (Lipinski definition) is 3. The van der Waals surface area contributed by atoms with Gasteiger partial charge in [-0.2, -0.15) is 0 Å². The van der Waals surface area contributed by atoms with E-state index >= 15 is 0 Å². The minimum absolute atomic E-state index is 0.0158. The molecule has 0 radical (unpaired) electrons. The molecule has 1 unspecified atom stereocenters. The molecule has 5 nitrogen and oxygen atoms in total. The van der Waals surface area contributed by atoms with Crippen molar-refractivity contribution in [2.24, 2.45) is 0 Å². The van der Waals surface area contributed by atoms with E-state index in [1.165, 1.54) is 0 Å². The Morgan fingerprint density at radius 1 is 1.00 bits per heavy atom. The van der Waals surface area contributed by atoms with Gasteiger partial charge in [-0.1, -0.05) is 43.3 Å². The summed E-state index contributed by atoms with van der Waals surface area (Å²) in [4.78, 5) is 31.3. The second-order valence-electron chi connectivity index (χ2n) is 6.70. The van der Waals surface area contributed by atoms with Crippen LogP contribution in [-0.2, 0) is 6.54 Å². The van der Waals surface area contributed by atoms with Gasteiger partial charge in [0.25, 0.3) is 11.8 Å². The van der Waals surface area contributed by atoms with E-state index in [9.17, 15) is 9.59 Å². The van der Waals surface area contributed by atoms with Gasteiger partial charge in [0.2, 0.25) is 0 Å². The first kappa shape index (κ1) is 19.6. The van der Waals surface area contributed by atoms with Crippen LogP contribution in [0.25, 0.3) is 0 Å². The van der Waals surface area contributed by atoms with E-state index in [2.05, 4.69) is 10.3 Å². The zero-order valence-electron chi connectivity index (χ0n) is 15.9. The number of carbonyl (C=O) groups excluding carboxylic acids is 2. The van der Waals surface area contributed by atoms with E-state index in [-0.39, 0.29) is 35.3 Å². The molecule has 0 saturated heterocycles.